The molecular formula is C53H82N20O12. The molecule has 466 valence electrons. The van der Waals surface area contributed by atoms with E-state index in [0.29, 0.717) is 28.5 Å². The van der Waals surface area contributed by atoms with Gasteiger partial charge in [0.05, 0.1) is 12.5 Å². The molecule has 1 heterocycles. The predicted molar refractivity (Wildman–Crippen MR) is 315 cm³/mol. The molecular weight excluding hydrogens is 1110 g/mol. The Balaban J connectivity index is 1.90. The van der Waals surface area contributed by atoms with E-state index in [4.69, 9.17) is 45.9 Å². The summed E-state index contributed by atoms with van der Waals surface area (Å²) in [6.45, 7) is 6.13. The van der Waals surface area contributed by atoms with Crippen molar-refractivity contribution in [1.29, 1.82) is 0 Å². The number of aliphatic imine (C=N–C) groups is 3. The van der Waals surface area contributed by atoms with Gasteiger partial charge in [0.15, 0.2) is 17.9 Å². The number of hydrogen-bond acceptors (Lipinski definition) is 15. The molecule has 0 aliphatic heterocycles. The van der Waals surface area contributed by atoms with Crippen LogP contribution in [-0.2, 0) is 60.8 Å². The summed E-state index contributed by atoms with van der Waals surface area (Å²) < 4.78 is 0. The monoisotopic (exact) mass is 1190 g/mol. The molecule has 0 fully saturated rings. The summed E-state index contributed by atoms with van der Waals surface area (Å²) in [4.78, 5) is 150. The van der Waals surface area contributed by atoms with Gasteiger partial charge in [0.2, 0.25) is 53.2 Å². The van der Waals surface area contributed by atoms with E-state index < -0.39 is 126 Å². The average Bonchev–Trinajstić information content (AvgIpc) is 4.08. The van der Waals surface area contributed by atoms with Gasteiger partial charge >= 0.3 is 5.97 Å². The molecule has 27 N–H and O–H groups in total. The van der Waals surface area contributed by atoms with E-state index >= 15 is 0 Å². The molecule has 3 rings (SSSR count). The minimum atomic E-state index is -1.75. The minimum Gasteiger partial charge on any atom is -0.508 e. The number of fused-ring (bicyclic) bond motifs is 1. The van der Waals surface area contributed by atoms with E-state index in [9.17, 15) is 58.2 Å². The summed E-state index contributed by atoms with van der Waals surface area (Å²) in [6.07, 6.45) is 0.839. The van der Waals surface area contributed by atoms with E-state index in [-0.39, 0.29) is 88.2 Å². The third kappa shape index (κ3) is 24.7. The second-order valence-electron chi connectivity index (χ2n) is 20.4. The van der Waals surface area contributed by atoms with E-state index in [1.807, 2.05) is 0 Å². The number of primary amides is 1. The third-order valence-corrected chi connectivity index (χ3v) is 13.0. The Labute approximate surface area is 490 Å². The number of carbonyl (C=O) groups excluding carboxylic acids is 9. The quantitative estimate of drug-likeness (QED) is 0.0147. The Morgan fingerprint density at radius 3 is 1.48 bits per heavy atom. The number of aromatic nitrogens is 1. The molecule has 9 amide bonds. The Kier molecular flexibility index (Phi) is 28.3. The van der Waals surface area contributed by atoms with Gasteiger partial charge in [-0.1, -0.05) is 44.2 Å². The molecule has 3 aromatic rings. The summed E-state index contributed by atoms with van der Waals surface area (Å²) >= 11 is 0. The molecule has 0 unspecified atom stereocenters. The molecule has 0 radical (unpaired) electrons. The van der Waals surface area contributed by atoms with Crippen molar-refractivity contribution in [2.24, 2.45) is 66.8 Å². The first-order valence-electron chi connectivity index (χ1n) is 27.2. The van der Waals surface area contributed by atoms with Gasteiger partial charge in [-0.3, -0.25) is 58.1 Å². The number of aromatic amines is 1. The summed E-state index contributed by atoms with van der Waals surface area (Å²) in [5.74, 6) is -10.9. The molecule has 0 aliphatic rings. The lowest BCUT2D eigenvalue weighted by Gasteiger charge is -2.28. The molecule has 9 atom stereocenters. The normalized spacial score (nSPS) is 14.1. The number of benzene rings is 2. The number of phenolic OH excluding ortho intramolecular Hbond substituents is 1. The van der Waals surface area contributed by atoms with Crippen molar-refractivity contribution in [3.05, 3.63) is 65.9 Å². The van der Waals surface area contributed by atoms with Gasteiger partial charge in [0, 0.05) is 49.6 Å². The summed E-state index contributed by atoms with van der Waals surface area (Å²) in [5.41, 5.74) is 45.6. The molecule has 0 aliphatic carbocycles. The number of hydrogen-bond donors (Lipinski definition) is 19. The van der Waals surface area contributed by atoms with Crippen LogP contribution in [0, 0.1) is 5.92 Å². The number of nitrogens with zero attached hydrogens (tertiary/aromatic N) is 3. The van der Waals surface area contributed by atoms with Crippen LogP contribution in [0.4, 0.5) is 0 Å². The van der Waals surface area contributed by atoms with Crippen LogP contribution in [0.3, 0.4) is 0 Å². The number of nitrogens with one attached hydrogen (secondary N) is 9. The van der Waals surface area contributed by atoms with Crippen LogP contribution >= 0.6 is 0 Å². The highest BCUT2D eigenvalue weighted by Gasteiger charge is 2.35. The van der Waals surface area contributed by atoms with Crippen LogP contribution in [0.5, 0.6) is 5.75 Å². The molecule has 0 bridgehead atoms. The molecule has 0 saturated heterocycles. The van der Waals surface area contributed by atoms with E-state index in [0.717, 1.165) is 0 Å². The van der Waals surface area contributed by atoms with Crippen molar-refractivity contribution < 1.29 is 58.2 Å². The summed E-state index contributed by atoms with van der Waals surface area (Å²) in [6, 6.07) is 0.215. The van der Waals surface area contributed by atoms with Crippen molar-refractivity contribution in [3.8, 4) is 5.75 Å². The predicted octanol–water partition coefficient (Wildman–Crippen LogP) is -5.32. The molecule has 32 nitrogen and oxygen atoms in total. The Morgan fingerprint density at radius 1 is 0.506 bits per heavy atom. The van der Waals surface area contributed by atoms with Crippen LogP contribution < -0.4 is 88.4 Å². The molecule has 0 saturated carbocycles. The van der Waals surface area contributed by atoms with Gasteiger partial charge in [-0.05, 0) is 87.6 Å². The molecule has 1 aromatic heterocycles. The maximum Gasteiger partial charge on any atom is 0.326 e. The van der Waals surface area contributed by atoms with E-state index in [2.05, 4.69) is 62.5 Å². The largest absolute Gasteiger partial charge is 0.508 e. The number of aliphatic carboxylic acids is 1. The minimum absolute atomic E-state index is 0.0298. The molecule has 85 heavy (non-hydrogen) atoms. The van der Waals surface area contributed by atoms with Crippen molar-refractivity contribution in [2.75, 3.05) is 19.6 Å². The summed E-state index contributed by atoms with van der Waals surface area (Å²) in [5, 5.41) is 40.7. The zero-order valence-corrected chi connectivity index (χ0v) is 47.9. The van der Waals surface area contributed by atoms with Crippen LogP contribution in [-0.4, -0.2) is 166 Å². The number of rotatable bonds is 36. The fourth-order valence-corrected chi connectivity index (χ4v) is 8.35. The number of carboxylic acids is 1. The number of nitrogens with two attached hydrogens (primary N) is 8. The standard InChI is InChI=1S/C53H82N20O12/c1-26(2)41(73-48(82)37(22-29-15-17-31(74)18-16-29)70-42(76)27(3)66-44(78)33(54)11-7-19-62-51(56)57)49(83)67-28(4)43(77)71-38(23-30-25-65-34-12-6-5-10-32(30)34)46(80)68-35(13-8-20-63-52(58)59)45(79)72-39(24-40(55)75)47(81)69-36(50(84)85)14-9-21-64-53(60)61/h5-6,10,12,15-18,25-28,33,35-39,41,65,74H,7-9,11,13-14,19-24,54H2,1-4H3,(H2,55,75)(H,66,78)(H,67,83)(H,68,80)(H,69,81)(H,70,76)(H,71,77)(H,72,79)(H,73,82)(H,84,85)(H4,56,57,62)(H4,58,59,63)(H4,60,61,64)/t27-,28-,33-,35-,36-,37-,38-,39-,41-/m0/s1. The third-order valence-electron chi connectivity index (χ3n) is 13.0. The number of amides is 9. The first kappa shape index (κ1) is 69.5. The molecule has 0 spiro atoms. The number of phenols is 1. The Hall–Kier alpha value is -9.75. The van der Waals surface area contributed by atoms with Crippen LogP contribution in [0.2, 0.25) is 0 Å². The van der Waals surface area contributed by atoms with Crippen molar-refractivity contribution in [3.63, 3.8) is 0 Å². The highest BCUT2D eigenvalue weighted by Crippen LogP contribution is 2.20. The van der Waals surface area contributed by atoms with Gasteiger partial charge in [-0.15, -0.1) is 0 Å². The van der Waals surface area contributed by atoms with Gasteiger partial charge in [-0.25, -0.2) is 4.79 Å². The van der Waals surface area contributed by atoms with E-state index in [1.54, 1.807) is 44.3 Å². The topological polar surface area (TPSA) is 568 Å². The Bertz CT molecular complexity index is 2880. The fourth-order valence-electron chi connectivity index (χ4n) is 8.35. The lowest BCUT2D eigenvalue weighted by Crippen LogP contribution is -2.61. The Morgan fingerprint density at radius 2 is 0.953 bits per heavy atom. The number of guanidine groups is 3. The molecule has 32 heteroatoms. The van der Waals surface area contributed by atoms with Crippen molar-refractivity contribution in [1.82, 2.24) is 47.5 Å². The van der Waals surface area contributed by atoms with E-state index in [1.165, 1.54) is 38.1 Å². The smallest absolute Gasteiger partial charge is 0.326 e. The SMILES string of the molecule is CC(C)[C@H](NC(=O)[C@H](Cc1ccc(O)cc1)NC(=O)[C@H](C)NC(=O)[C@@H](N)CCCN=C(N)N)C(=O)N[C@@H](C)C(=O)N[C@@H](Cc1c[nH]c2ccccc12)C(=O)N[C@@H](CCCN=C(N)N)C(=O)N[C@@H](CC(N)=O)C(=O)N[C@@H](CCCN=C(N)N)C(=O)O. The highest BCUT2D eigenvalue weighted by atomic mass is 16.4. The lowest BCUT2D eigenvalue weighted by molar-refractivity contribution is -0.142. The zero-order valence-electron chi connectivity index (χ0n) is 47.9. The van der Waals surface area contributed by atoms with Crippen molar-refractivity contribution in [2.45, 2.75) is 140 Å². The van der Waals surface area contributed by atoms with Crippen LogP contribution in [0.15, 0.2) is 69.7 Å². The average molecular weight is 1190 g/mol. The van der Waals surface area contributed by atoms with Crippen LogP contribution in [0.25, 0.3) is 10.9 Å². The first-order valence-corrected chi connectivity index (χ1v) is 27.2. The van der Waals surface area contributed by atoms with Gasteiger partial charge < -0.3 is 104 Å². The zero-order chi connectivity index (χ0) is 63.5. The lowest BCUT2D eigenvalue weighted by atomic mass is 10.00. The fraction of sp³-hybridized carbons (Fsp3) is 0.491. The van der Waals surface area contributed by atoms with Gasteiger partial charge in [0.25, 0.3) is 0 Å². The number of carbonyl (C=O) groups is 10. The number of aromatic hydroxyl groups is 1. The second kappa shape index (κ2) is 34.6. The van der Waals surface area contributed by atoms with Gasteiger partial charge in [0.1, 0.15) is 54.1 Å². The first-order chi connectivity index (χ1) is 40.1. The van der Waals surface area contributed by atoms with Crippen LogP contribution in [0.1, 0.15) is 83.8 Å². The van der Waals surface area contributed by atoms with Gasteiger partial charge in [-0.2, -0.15) is 0 Å². The molecule has 2 aromatic carbocycles. The van der Waals surface area contributed by atoms with Crippen molar-refractivity contribution >= 4 is 87.9 Å². The maximum absolute atomic E-state index is 14.6. The maximum atomic E-state index is 14.6. The number of para-hydroxylation sites is 1. The number of H-pyrrole nitrogens is 1. The second-order valence-corrected chi connectivity index (χ2v) is 20.4. The highest BCUT2D eigenvalue weighted by molar-refractivity contribution is 5.99. The summed E-state index contributed by atoms with van der Waals surface area (Å²) in [7, 11) is 0. The number of carboxylic acid groups (broad SMARTS) is 1.